The van der Waals surface area contributed by atoms with Crippen LogP contribution in [0.2, 0.25) is 0 Å². The van der Waals surface area contributed by atoms with Gasteiger partial charge in [0.2, 0.25) is 0 Å². The minimum Gasteiger partial charge on any atom is -0.120 e. The summed E-state index contributed by atoms with van der Waals surface area (Å²) in [7, 11) is 0. The number of alkyl halides is 1. The van der Waals surface area contributed by atoms with Gasteiger partial charge in [-0.3, -0.25) is 0 Å². The van der Waals surface area contributed by atoms with Gasteiger partial charge in [-0.1, -0.05) is 39.5 Å². The minimum atomic E-state index is -0.0278. The topological polar surface area (TPSA) is 0 Å². The highest BCUT2D eigenvalue weighted by molar-refractivity contribution is 6.23. The van der Waals surface area contributed by atoms with Crippen LogP contribution in [0.25, 0.3) is 0 Å². The lowest BCUT2D eigenvalue weighted by Crippen LogP contribution is -1.99. The summed E-state index contributed by atoms with van der Waals surface area (Å²) in [6, 6.07) is 0. The van der Waals surface area contributed by atoms with Crippen molar-refractivity contribution in [1.29, 1.82) is 0 Å². The first-order valence-electron chi connectivity index (χ1n) is 4.60. The second-order valence-corrected chi connectivity index (χ2v) is 4.91. The molecule has 0 aliphatic carbocycles. The molecule has 0 saturated carbocycles. The van der Waals surface area contributed by atoms with Gasteiger partial charge in [-0.2, -0.15) is 0 Å². The van der Waals surface area contributed by atoms with E-state index >= 15 is 0 Å². The van der Waals surface area contributed by atoms with Gasteiger partial charge in [-0.15, -0.1) is 11.6 Å². The van der Waals surface area contributed by atoms with E-state index in [1.54, 1.807) is 0 Å². The Kier molecular flexibility index (Phi) is 10.6. The maximum Gasteiger partial charge on any atom is 0.0362 e. The van der Waals surface area contributed by atoms with E-state index in [1.165, 1.54) is 25.7 Å². The predicted octanol–water partition coefficient (Wildman–Crippen LogP) is 4.61. The largest absolute Gasteiger partial charge is 0.120 e. The van der Waals surface area contributed by atoms with Gasteiger partial charge >= 0.3 is 0 Å². The number of hydrogen-bond acceptors (Lipinski definition) is 0. The van der Waals surface area contributed by atoms with Gasteiger partial charge < -0.3 is 0 Å². The second-order valence-electron chi connectivity index (χ2n) is 3.77. The van der Waals surface area contributed by atoms with Crippen molar-refractivity contribution in [3.8, 4) is 0 Å². The average molecular weight is 179 g/mol. The van der Waals surface area contributed by atoms with E-state index in [9.17, 15) is 0 Å². The molecule has 0 N–H and O–H groups in total. The van der Waals surface area contributed by atoms with Crippen molar-refractivity contribution in [2.45, 2.75) is 65.2 Å². The normalized spacial score (nSPS) is 10.4. The Balaban J connectivity index is 0. The van der Waals surface area contributed by atoms with E-state index in [0.717, 1.165) is 0 Å². The van der Waals surface area contributed by atoms with Crippen molar-refractivity contribution in [2.75, 3.05) is 0 Å². The fourth-order valence-electron chi connectivity index (χ4n) is 0.500. The fourth-order valence-corrected chi connectivity index (χ4v) is 0.500. The van der Waals surface area contributed by atoms with Gasteiger partial charge in [0.1, 0.15) is 0 Å². The summed E-state index contributed by atoms with van der Waals surface area (Å²) < 4.78 is 0. The average Bonchev–Trinajstić information content (AvgIpc) is 1.79. The molecule has 0 unspecified atom stereocenters. The second kappa shape index (κ2) is 8.39. The van der Waals surface area contributed by atoms with Crippen molar-refractivity contribution in [3.05, 3.63) is 0 Å². The van der Waals surface area contributed by atoms with Crippen LogP contribution in [0, 0.1) is 0 Å². The Morgan fingerprint density at radius 2 is 1.09 bits per heavy atom. The highest BCUT2D eigenvalue weighted by atomic mass is 35.5. The first kappa shape index (κ1) is 13.9. The third-order valence-corrected chi connectivity index (χ3v) is 0.957. The van der Waals surface area contributed by atoms with Crippen molar-refractivity contribution in [2.24, 2.45) is 0 Å². The van der Waals surface area contributed by atoms with Crippen LogP contribution in [0.4, 0.5) is 0 Å². The van der Waals surface area contributed by atoms with Gasteiger partial charge in [0.15, 0.2) is 0 Å². The standard InChI is InChI=1S/C6H14.C4H9Cl/c1-3-5-6-4-2;1-4(2,3)5/h3-6H2,1-2H3;1-3H3. The monoisotopic (exact) mass is 178 g/mol. The third-order valence-electron chi connectivity index (χ3n) is 0.957. The molecular formula is C10H23Cl. The van der Waals surface area contributed by atoms with Crippen molar-refractivity contribution in [1.82, 2.24) is 0 Å². The Labute approximate surface area is 77.3 Å². The highest BCUT2D eigenvalue weighted by Crippen LogP contribution is 2.07. The molecule has 0 aromatic carbocycles. The predicted molar refractivity (Wildman–Crippen MR) is 55.4 cm³/mol. The molecule has 0 aromatic rings. The first-order valence-corrected chi connectivity index (χ1v) is 4.98. The molecule has 0 aromatic heterocycles. The van der Waals surface area contributed by atoms with Crippen LogP contribution < -0.4 is 0 Å². The van der Waals surface area contributed by atoms with Gasteiger partial charge in [0.05, 0.1) is 0 Å². The molecule has 0 heterocycles. The summed E-state index contributed by atoms with van der Waals surface area (Å²) in [5.74, 6) is 0. The summed E-state index contributed by atoms with van der Waals surface area (Å²) in [6.45, 7) is 10.3. The molecule has 0 bridgehead atoms. The molecule has 0 aliphatic rings. The molecular weight excluding hydrogens is 156 g/mol. The molecule has 0 fully saturated rings. The third kappa shape index (κ3) is 65.3. The van der Waals surface area contributed by atoms with E-state index in [-0.39, 0.29) is 4.87 Å². The number of rotatable bonds is 3. The Bertz CT molecular complexity index is 51.8. The molecule has 0 amide bonds. The molecule has 0 aliphatic heterocycles. The zero-order valence-electron chi connectivity index (χ0n) is 8.71. The van der Waals surface area contributed by atoms with Crippen LogP contribution in [-0.4, -0.2) is 4.87 Å². The summed E-state index contributed by atoms with van der Waals surface area (Å²) in [5, 5.41) is 0. The van der Waals surface area contributed by atoms with Crippen LogP contribution in [0.5, 0.6) is 0 Å². The van der Waals surface area contributed by atoms with Gasteiger partial charge in [0.25, 0.3) is 0 Å². The van der Waals surface area contributed by atoms with Gasteiger partial charge in [-0.25, -0.2) is 0 Å². The fraction of sp³-hybridized carbons (Fsp3) is 1.00. The Morgan fingerprint density at radius 3 is 1.18 bits per heavy atom. The van der Waals surface area contributed by atoms with Crippen LogP contribution in [0.15, 0.2) is 0 Å². The molecule has 0 rings (SSSR count). The van der Waals surface area contributed by atoms with Crippen LogP contribution in [0.3, 0.4) is 0 Å². The molecule has 1 heteroatoms. The minimum absolute atomic E-state index is 0.0278. The maximum atomic E-state index is 5.53. The van der Waals surface area contributed by atoms with Crippen LogP contribution in [-0.2, 0) is 0 Å². The van der Waals surface area contributed by atoms with Gasteiger partial charge in [0, 0.05) is 4.87 Å². The summed E-state index contributed by atoms with van der Waals surface area (Å²) in [4.78, 5) is -0.0278. The summed E-state index contributed by atoms with van der Waals surface area (Å²) in [5.41, 5.74) is 0. The molecule has 0 spiro atoms. The summed E-state index contributed by atoms with van der Waals surface area (Å²) in [6.07, 6.45) is 5.54. The lowest BCUT2D eigenvalue weighted by atomic mass is 10.2. The zero-order chi connectivity index (χ0) is 9.33. The molecule has 0 nitrogen and oxygen atoms in total. The van der Waals surface area contributed by atoms with Crippen molar-refractivity contribution < 1.29 is 0 Å². The van der Waals surface area contributed by atoms with Crippen molar-refractivity contribution in [3.63, 3.8) is 0 Å². The lowest BCUT2D eigenvalue weighted by molar-refractivity contribution is 0.702. The highest BCUT2D eigenvalue weighted by Gasteiger charge is 1.99. The van der Waals surface area contributed by atoms with E-state index in [2.05, 4.69) is 13.8 Å². The zero-order valence-corrected chi connectivity index (χ0v) is 9.46. The summed E-state index contributed by atoms with van der Waals surface area (Å²) >= 11 is 5.53. The van der Waals surface area contributed by atoms with Crippen molar-refractivity contribution >= 4 is 11.6 Å². The smallest absolute Gasteiger partial charge is 0.0362 e. The quantitative estimate of drug-likeness (QED) is 0.438. The lowest BCUT2D eigenvalue weighted by Gasteiger charge is -2.01. The molecule has 0 saturated heterocycles. The molecule has 11 heavy (non-hydrogen) atoms. The van der Waals surface area contributed by atoms with E-state index in [4.69, 9.17) is 11.6 Å². The van der Waals surface area contributed by atoms with Crippen LogP contribution in [0.1, 0.15) is 60.3 Å². The Morgan fingerprint density at radius 1 is 0.909 bits per heavy atom. The van der Waals surface area contributed by atoms with E-state index in [0.29, 0.717) is 0 Å². The maximum absolute atomic E-state index is 5.53. The first-order chi connectivity index (χ1) is 4.91. The van der Waals surface area contributed by atoms with E-state index in [1.807, 2.05) is 20.8 Å². The number of halogens is 1. The molecule has 0 radical (unpaired) electrons. The van der Waals surface area contributed by atoms with Gasteiger partial charge in [-0.05, 0) is 20.8 Å². The molecule has 0 atom stereocenters. The number of unbranched alkanes of at least 4 members (excludes halogenated alkanes) is 3. The van der Waals surface area contributed by atoms with Crippen LogP contribution >= 0.6 is 11.6 Å². The molecule has 70 valence electrons. The van der Waals surface area contributed by atoms with E-state index < -0.39 is 0 Å². The number of hydrogen-bond donors (Lipinski definition) is 0. The SMILES string of the molecule is CC(C)(C)Cl.CCCCCC. The Hall–Kier alpha value is 0.290.